The van der Waals surface area contributed by atoms with Gasteiger partial charge in [-0.2, -0.15) is 0 Å². The van der Waals surface area contributed by atoms with Crippen LogP contribution in [0.4, 0.5) is 4.79 Å². The van der Waals surface area contributed by atoms with Crippen molar-refractivity contribution >= 4 is 12.1 Å². The number of hydrogen-bond donors (Lipinski definition) is 0. The van der Waals surface area contributed by atoms with Crippen LogP contribution in [0.1, 0.15) is 44.2 Å². The number of likely N-dealkylation sites (tertiary alicyclic amines) is 1. The molecule has 5 nitrogen and oxygen atoms in total. The number of rotatable bonds is 3. The summed E-state index contributed by atoms with van der Waals surface area (Å²) in [4.78, 5) is 26.5. The lowest BCUT2D eigenvalue weighted by molar-refractivity contribution is -0.159. The lowest BCUT2D eigenvalue weighted by Crippen LogP contribution is -2.33. The van der Waals surface area contributed by atoms with Crippen molar-refractivity contribution in [3.05, 3.63) is 59.7 Å². The molecule has 2 aromatic rings. The Morgan fingerprint density at radius 2 is 1.59 bits per heavy atom. The molecule has 1 saturated heterocycles. The van der Waals surface area contributed by atoms with E-state index in [-0.39, 0.29) is 23.9 Å². The Kier molecular flexibility index (Phi) is 5.07. The summed E-state index contributed by atoms with van der Waals surface area (Å²) in [7, 11) is 0. The standard InChI is InChI=1S/C24H27NO4/c1-24(2,3)29-22(26)16-12-13-25(14-16)23(27)28-15-21-19-10-6-4-8-17(19)18-9-5-7-11-20(18)21/h4-11,16,21H,12-15H2,1-3H3/t16-/m0/s1. The van der Waals surface area contributed by atoms with Crippen molar-refractivity contribution in [3.63, 3.8) is 0 Å². The van der Waals surface area contributed by atoms with E-state index in [1.54, 1.807) is 4.90 Å². The average molecular weight is 393 g/mol. The van der Waals surface area contributed by atoms with Crippen LogP contribution >= 0.6 is 0 Å². The summed E-state index contributed by atoms with van der Waals surface area (Å²) in [5, 5.41) is 0. The third kappa shape index (κ3) is 4.00. The first-order valence-electron chi connectivity index (χ1n) is 10.2. The molecule has 152 valence electrons. The van der Waals surface area contributed by atoms with Gasteiger partial charge in [-0.3, -0.25) is 4.79 Å². The molecule has 29 heavy (non-hydrogen) atoms. The second-order valence-electron chi connectivity index (χ2n) is 8.77. The van der Waals surface area contributed by atoms with Gasteiger partial charge in [0.25, 0.3) is 0 Å². The van der Waals surface area contributed by atoms with Gasteiger partial charge in [0, 0.05) is 19.0 Å². The predicted molar refractivity (Wildman–Crippen MR) is 111 cm³/mol. The SMILES string of the molecule is CC(C)(C)OC(=O)[C@H]1CCN(C(=O)OCC2c3ccccc3-c3ccccc32)C1. The normalized spacial score (nSPS) is 18.3. The van der Waals surface area contributed by atoms with Crippen LogP contribution in [0, 0.1) is 5.92 Å². The Morgan fingerprint density at radius 3 is 2.17 bits per heavy atom. The van der Waals surface area contributed by atoms with Crippen LogP contribution in [0.25, 0.3) is 11.1 Å². The summed E-state index contributed by atoms with van der Waals surface area (Å²) < 4.78 is 11.1. The fourth-order valence-corrected chi connectivity index (χ4v) is 4.19. The molecule has 4 rings (SSSR count). The van der Waals surface area contributed by atoms with Crippen molar-refractivity contribution in [2.75, 3.05) is 19.7 Å². The molecule has 1 amide bonds. The summed E-state index contributed by atoms with van der Waals surface area (Å²) in [5.74, 6) is -0.489. The number of carbonyl (C=O) groups is 2. The van der Waals surface area contributed by atoms with Crippen LogP contribution in [0.2, 0.25) is 0 Å². The molecule has 1 heterocycles. The fourth-order valence-electron chi connectivity index (χ4n) is 4.19. The monoisotopic (exact) mass is 393 g/mol. The maximum Gasteiger partial charge on any atom is 0.409 e. The molecule has 0 radical (unpaired) electrons. The van der Waals surface area contributed by atoms with E-state index < -0.39 is 5.60 Å². The van der Waals surface area contributed by atoms with Crippen molar-refractivity contribution in [2.45, 2.75) is 38.7 Å². The van der Waals surface area contributed by atoms with Gasteiger partial charge in [0.2, 0.25) is 0 Å². The van der Waals surface area contributed by atoms with Crippen molar-refractivity contribution < 1.29 is 19.1 Å². The molecule has 2 aromatic carbocycles. The summed E-state index contributed by atoms with van der Waals surface area (Å²) in [5.41, 5.74) is 4.27. The van der Waals surface area contributed by atoms with E-state index in [1.807, 2.05) is 45.0 Å². The van der Waals surface area contributed by atoms with E-state index in [4.69, 9.17) is 9.47 Å². The smallest absolute Gasteiger partial charge is 0.409 e. The van der Waals surface area contributed by atoms with Gasteiger partial charge in [0.1, 0.15) is 12.2 Å². The van der Waals surface area contributed by atoms with E-state index in [2.05, 4.69) is 24.3 Å². The summed E-state index contributed by atoms with van der Waals surface area (Å²) in [6, 6.07) is 16.5. The Bertz CT molecular complexity index is 885. The van der Waals surface area contributed by atoms with E-state index in [0.29, 0.717) is 26.1 Å². The first kappa shape index (κ1) is 19.5. The molecule has 5 heteroatoms. The summed E-state index contributed by atoms with van der Waals surface area (Å²) >= 11 is 0. The van der Waals surface area contributed by atoms with Crippen LogP contribution in [-0.2, 0) is 14.3 Å². The van der Waals surface area contributed by atoms with Crippen molar-refractivity contribution in [2.24, 2.45) is 5.92 Å². The molecule has 0 spiro atoms. The van der Waals surface area contributed by atoms with Crippen molar-refractivity contribution in [1.29, 1.82) is 0 Å². The Labute approximate surface area is 171 Å². The third-order valence-electron chi connectivity index (χ3n) is 5.52. The number of ether oxygens (including phenoxy) is 2. The highest BCUT2D eigenvalue weighted by Gasteiger charge is 2.35. The first-order chi connectivity index (χ1) is 13.8. The number of nitrogens with zero attached hydrogens (tertiary/aromatic N) is 1. The van der Waals surface area contributed by atoms with Crippen LogP contribution in [0.5, 0.6) is 0 Å². The van der Waals surface area contributed by atoms with Gasteiger partial charge in [-0.1, -0.05) is 48.5 Å². The average Bonchev–Trinajstić information content (AvgIpc) is 3.29. The molecule has 1 aliphatic carbocycles. The van der Waals surface area contributed by atoms with Gasteiger partial charge in [-0.25, -0.2) is 4.79 Å². The highest BCUT2D eigenvalue weighted by molar-refractivity contribution is 5.79. The van der Waals surface area contributed by atoms with Crippen molar-refractivity contribution in [3.8, 4) is 11.1 Å². The van der Waals surface area contributed by atoms with E-state index in [0.717, 1.165) is 0 Å². The molecule has 1 fully saturated rings. The van der Waals surface area contributed by atoms with E-state index in [9.17, 15) is 9.59 Å². The van der Waals surface area contributed by atoms with Crippen LogP contribution in [-0.4, -0.2) is 42.3 Å². The molecular weight excluding hydrogens is 366 g/mol. The van der Waals surface area contributed by atoms with Gasteiger partial charge in [0.05, 0.1) is 5.92 Å². The maximum atomic E-state index is 12.6. The van der Waals surface area contributed by atoms with Gasteiger partial charge in [-0.15, -0.1) is 0 Å². The highest BCUT2D eigenvalue weighted by Crippen LogP contribution is 2.44. The second-order valence-corrected chi connectivity index (χ2v) is 8.77. The highest BCUT2D eigenvalue weighted by atomic mass is 16.6. The largest absolute Gasteiger partial charge is 0.460 e. The molecule has 0 saturated carbocycles. The summed E-state index contributed by atoms with van der Waals surface area (Å²) in [6.07, 6.45) is 0.247. The topological polar surface area (TPSA) is 55.8 Å². The first-order valence-corrected chi connectivity index (χ1v) is 10.2. The number of esters is 1. The minimum Gasteiger partial charge on any atom is -0.460 e. The van der Waals surface area contributed by atoms with Gasteiger partial charge >= 0.3 is 12.1 Å². The molecule has 0 aromatic heterocycles. The third-order valence-corrected chi connectivity index (χ3v) is 5.52. The van der Waals surface area contributed by atoms with Gasteiger partial charge in [0.15, 0.2) is 0 Å². The fraction of sp³-hybridized carbons (Fsp3) is 0.417. The maximum absolute atomic E-state index is 12.6. The van der Waals surface area contributed by atoms with Crippen LogP contribution in [0.3, 0.4) is 0 Å². The molecular formula is C24H27NO4. The van der Waals surface area contributed by atoms with E-state index in [1.165, 1.54) is 22.3 Å². The number of fused-ring (bicyclic) bond motifs is 3. The van der Waals surface area contributed by atoms with Gasteiger partial charge in [-0.05, 0) is 49.4 Å². The Hall–Kier alpha value is -2.82. The van der Waals surface area contributed by atoms with Gasteiger partial charge < -0.3 is 14.4 Å². The molecule has 1 aliphatic heterocycles. The second kappa shape index (κ2) is 7.54. The van der Waals surface area contributed by atoms with E-state index >= 15 is 0 Å². The lowest BCUT2D eigenvalue weighted by Gasteiger charge is -2.22. The molecule has 2 aliphatic rings. The predicted octanol–water partition coefficient (Wildman–Crippen LogP) is 4.60. The zero-order chi connectivity index (χ0) is 20.6. The van der Waals surface area contributed by atoms with Crippen LogP contribution < -0.4 is 0 Å². The van der Waals surface area contributed by atoms with Crippen LogP contribution in [0.15, 0.2) is 48.5 Å². The number of benzene rings is 2. The number of carbonyl (C=O) groups excluding carboxylic acids is 2. The minimum atomic E-state index is -0.520. The Morgan fingerprint density at radius 1 is 1.00 bits per heavy atom. The van der Waals surface area contributed by atoms with Crippen molar-refractivity contribution in [1.82, 2.24) is 4.90 Å². The molecule has 0 N–H and O–H groups in total. The minimum absolute atomic E-state index is 0.0376. The zero-order valence-corrected chi connectivity index (χ0v) is 17.2. The number of amides is 1. The molecule has 1 atom stereocenters. The summed E-state index contributed by atoms with van der Waals surface area (Å²) in [6.45, 7) is 6.71. The number of hydrogen-bond acceptors (Lipinski definition) is 4. The Balaban J connectivity index is 1.39. The molecule has 0 unspecified atom stereocenters. The lowest BCUT2D eigenvalue weighted by atomic mass is 9.98. The zero-order valence-electron chi connectivity index (χ0n) is 17.2. The molecule has 0 bridgehead atoms. The quantitative estimate of drug-likeness (QED) is 0.715.